The third-order valence-electron chi connectivity index (χ3n) is 3.07. The molecule has 1 amide bonds. The maximum Gasteiger partial charge on any atom is 0.305 e. The van der Waals surface area contributed by atoms with E-state index < -0.39 is 17.8 Å². The van der Waals surface area contributed by atoms with E-state index in [1.54, 1.807) is 13.8 Å². The highest BCUT2D eigenvalue weighted by molar-refractivity contribution is 7.13. The Morgan fingerprint density at radius 1 is 1.32 bits per heavy atom. The molecular weight excluding hydrogens is 307 g/mol. The van der Waals surface area contributed by atoms with Crippen LogP contribution in [0.15, 0.2) is 24.3 Å². The number of hydrogen-bond acceptors (Lipinski definition) is 4. The number of thiazole rings is 1. The van der Waals surface area contributed by atoms with E-state index in [9.17, 15) is 14.0 Å². The summed E-state index contributed by atoms with van der Waals surface area (Å²) in [5, 5.41) is 12.5. The molecule has 1 heterocycles. The van der Waals surface area contributed by atoms with Gasteiger partial charge in [0.25, 0.3) is 5.91 Å². The molecule has 2 rings (SSSR count). The van der Waals surface area contributed by atoms with E-state index in [1.165, 1.54) is 35.6 Å². The van der Waals surface area contributed by atoms with Gasteiger partial charge in [0.05, 0.1) is 23.2 Å². The minimum absolute atomic E-state index is 0.284. The Kier molecular flexibility index (Phi) is 4.87. The smallest absolute Gasteiger partial charge is 0.305 e. The van der Waals surface area contributed by atoms with Gasteiger partial charge in [-0.05, 0) is 31.5 Å². The number of carbonyl (C=O) groups is 2. The molecule has 0 aliphatic heterocycles. The lowest BCUT2D eigenvalue weighted by molar-refractivity contribution is -0.137. The summed E-state index contributed by atoms with van der Waals surface area (Å²) in [6, 6.07) is 4.67. The molecular formula is C15H15FN2O3S. The van der Waals surface area contributed by atoms with Crippen LogP contribution in [0.5, 0.6) is 0 Å². The molecule has 0 saturated heterocycles. The van der Waals surface area contributed by atoms with Gasteiger partial charge in [0.15, 0.2) is 0 Å². The van der Waals surface area contributed by atoms with Crippen LogP contribution in [0.4, 0.5) is 4.39 Å². The number of aryl methyl sites for hydroxylation is 2. The summed E-state index contributed by atoms with van der Waals surface area (Å²) in [4.78, 5) is 27.9. The fourth-order valence-corrected chi connectivity index (χ4v) is 2.91. The van der Waals surface area contributed by atoms with Crippen molar-refractivity contribution < 1.29 is 19.1 Å². The van der Waals surface area contributed by atoms with E-state index >= 15 is 0 Å². The average molecular weight is 322 g/mol. The van der Waals surface area contributed by atoms with Crippen LogP contribution < -0.4 is 5.32 Å². The number of nitrogens with zero attached hydrogens (tertiary/aromatic N) is 1. The van der Waals surface area contributed by atoms with Crippen molar-refractivity contribution in [3.8, 4) is 0 Å². The van der Waals surface area contributed by atoms with Crippen molar-refractivity contribution in [1.29, 1.82) is 0 Å². The van der Waals surface area contributed by atoms with Crippen LogP contribution in [0.1, 0.15) is 38.4 Å². The van der Waals surface area contributed by atoms with E-state index in [0.717, 1.165) is 5.01 Å². The summed E-state index contributed by atoms with van der Waals surface area (Å²) in [5.74, 6) is -1.84. The molecule has 1 aromatic heterocycles. The van der Waals surface area contributed by atoms with Crippen LogP contribution in [-0.2, 0) is 4.79 Å². The quantitative estimate of drug-likeness (QED) is 0.887. The molecule has 2 N–H and O–H groups in total. The van der Waals surface area contributed by atoms with Crippen LogP contribution in [0.3, 0.4) is 0 Å². The lowest BCUT2D eigenvalue weighted by Crippen LogP contribution is -2.30. The van der Waals surface area contributed by atoms with Gasteiger partial charge < -0.3 is 10.4 Å². The van der Waals surface area contributed by atoms with Gasteiger partial charge in [-0.1, -0.05) is 12.1 Å². The van der Waals surface area contributed by atoms with E-state index in [0.29, 0.717) is 16.1 Å². The van der Waals surface area contributed by atoms with E-state index in [1.807, 2.05) is 0 Å². The van der Waals surface area contributed by atoms with Gasteiger partial charge in [-0.25, -0.2) is 9.37 Å². The SMILES string of the molecule is Cc1nc(C)c(C(=O)NC(CC(=O)O)c2ccc(F)cc2)s1. The van der Waals surface area contributed by atoms with Crippen molar-refractivity contribution in [2.45, 2.75) is 26.3 Å². The van der Waals surface area contributed by atoms with Crippen molar-refractivity contribution in [3.63, 3.8) is 0 Å². The maximum atomic E-state index is 13.0. The molecule has 0 radical (unpaired) electrons. The highest BCUT2D eigenvalue weighted by Crippen LogP contribution is 2.21. The molecule has 0 aliphatic carbocycles. The molecule has 0 spiro atoms. The van der Waals surface area contributed by atoms with Crippen molar-refractivity contribution >= 4 is 23.2 Å². The fourth-order valence-electron chi connectivity index (χ4n) is 2.09. The summed E-state index contributed by atoms with van der Waals surface area (Å²) in [6.45, 7) is 3.52. The van der Waals surface area contributed by atoms with Crippen LogP contribution >= 0.6 is 11.3 Å². The Morgan fingerprint density at radius 2 is 1.95 bits per heavy atom. The molecule has 0 saturated carbocycles. The highest BCUT2D eigenvalue weighted by atomic mass is 32.1. The average Bonchev–Trinajstić information content (AvgIpc) is 2.77. The normalized spacial score (nSPS) is 12.0. The molecule has 0 bridgehead atoms. The molecule has 0 fully saturated rings. The van der Waals surface area contributed by atoms with E-state index in [4.69, 9.17) is 5.11 Å². The molecule has 5 nitrogen and oxygen atoms in total. The zero-order valence-electron chi connectivity index (χ0n) is 12.1. The Morgan fingerprint density at radius 3 is 2.45 bits per heavy atom. The van der Waals surface area contributed by atoms with Gasteiger partial charge in [-0.2, -0.15) is 0 Å². The maximum absolute atomic E-state index is 13.0. The molecule has 1 aromatic carbocycles. The topological polar surface area (TPSA) is 79.3 Å². The second kappa shape index (κ2) is 6.65. The summed E-state index contributed by atoms with van der Waals surface area (Å²) >= 11 is 1.25. The second-order valence-corrected chi connectivity index (χ2v) is 6.03. The number of rotatable bonds is 5. The van der Waals surface area contributed by atoms with Crippen LogP contribution in [-0.4, -0.2) is 22.0 Å². The Labute approximate surface area is 130 Å². The summed E-state index contributed by atoms with van der Waals surface area (Å²) in [6.07, 6.45) is -0.284. The minimum Gasteiger partial charge on any atom is -0.481 e. The van der Waals surface area contributed by atoms with Gasteiger partial charge in [-0.3, -0.25) is 9.59 Å². The molecule has 116 valence electrons. The summed E-state index contributed by atoms with van der Waals surface area (Å²) in [7, 11) is 0. The van der Waals surface area contributed by atoms with Crippen LogP contribution in [0, 0.1) is 19.7 Å². The Hall–Kier alpha value is -2.28. The first-order valence-corrected chi connectivity index (χ1v) is 7.40. The Balaban J connectivity index is 2.23. The lowest BCUT2D eigenvalue weighted by Gasteiger charge is -2.17. The summed E-state index contributed by atoms with van der Waals surface area (Å²) in [5.41, 5.74) is 1.14. The molecule has 7 heteroatoms. The second-order valence-electron chi connectivity index (χ2n) is 4.82. The first-order valence-electron chi connectivity index (χ1n) is 6.59. The number of nitrogens with one attached hydrogen (secondary N) is 1. The van der Waals surface area contributed by atoms with Crippen molar-refractivity contribution in [2.24, 2.45) is 0 Å². The molecule has 0 aliphatic rings. The standard InChI is InChI=1S/C15H15FN2O3S/c1-8-14(22-9(2)17-8)15(21)18-12(7-13(19)20)10-3-5-11(16)6-4-10/h3-6,12H,7H2,1-2H3,(H,18,21)(H,19,20). The molecule has 22 heavy (non-hydrogen) atoms. The zero-order chi connectivity index (χ0) is 16.3. The van der Waals surface area contributed by atoms with Crippen LogP contribution in [0.25, 0.3) is 0 Å². The predicted molar refractivity (Wildman–Crippen MR) is 80.4 cm³/mol. The molecule has 1 unspecified atom stereocenters. The van der Waals surface area contributed by atoms with Gasteiger partial charge in [0, 0.05) is 0 Å². The predicted octanol–water partition coefficient (Wildman–Crippen LogP) is 2.84. The zero-order valence-corrected chi connectivity index (χ0v) is 12.9. The van der Waals surface area contributed by atoms with Crippen LogP contribution in [0.2, 0.25) is 0 Å². The lowest BCUT2D eigenvalue weighted by atomic mass is 10.0. The molecule has 1 atom stereocenters. The van der Waals surface area contributed by atoms with Gasteiger partial charge in [0.2, 0.25) is 0 Å². The van der Waals surface area contributed by atoms with Gasteiger partial charge in [0.1, 0.15) is 10.7 Å². The molecule has 2 aromatic rings. The first-order chi connectivity index (χ1) is 10.4. The third kappa shape index (κ3) is 3.88. The number of carboxylic acid groups (broad SMARTS) is 1. The van der Waals surface area contributed by atoms with Gasteiger partial charge >= 0.3 is 5.97 Å². The number of amides is 1. The minimum atomic E-state index is -1.05. The van der Waals surface area contributed by atoms with Crippen molar-refractivity contribution in [2.75, 3.05) is 0 Å². The monoisotopic (exact) mass is 322 g/mol. The summed E-state index contributed by atoms with van der Waals surface area (Å²) < 4.78 is 13.0. The number of halogens is 1. The van der Waals surface area contributed by atoms with E-state index in [2.05, 4.69) is 10.3 Å². The largest absolute Gasteiger partial charge is 0.481 e. The highest BCUT2D eigenvalue weighted by Gasteiger charge is 2.21. The number of carboxylic acids is 1. The number of hydrogen-bond donors (Lipinski definition) is 2. The third-order valence-corrected chi connectivity index (χ3v) is 4.14. The van der Waals surface area contributed by atoms with Crippen molar-refractivity contribution in [1.82, 2.24) is 10.3 Å². The first kappa shape index (κ1) is 16.1. The Bertz CT molecular complexity index is 697. The fraction of sp³-hybridized carbons (Fsp3) is 0.267. The number of aromatic nitrogens is 1. The van der Waals surface area contributed by atoms with E-state index in [-0.39, 0.29) is 12.3 Å². The number of aliphatic carboxylic acids is 1. The van der Waals surface area contributed by atoms with Gasteiger partial charge in [-0.15, -0.1) is 11.3 Å². The number of benzene rings is 1. The number of carbonyl (C=O) groups excluding carboxylic acids is 1. The van der Waals surface area contributed by atoms with Crippen molar-refractivity contribution in [3.05, 3.63) is 51.2 Å².